The molecule has 5 atom stereocenters. The fourth-order valence-corrected chi connectivity index (χ4v) is 4.58. The number of aliphatic hydroxyl groups is 2. The van der Waals surface area contributed by atoms with E-state index in [9.17, 15) is 10.2 Å². The van der Waals surface area contributed by atoms with Crippen molar-refractivity contribution in [1.29, 1.82) is 0 Å². The predicted octanol–water partition coefficient (Wildman–Crippen LogP) is 2.97. The molecule has 2 saturated carbocycles. The fourth-order valence-electron chi connectivity index (χ4n) is 4.58. The van der Waals surface area contributed by atoms with E-state index in [1.165, 1.54) is 19.3 Å². The predicted molar refractivity (Wildman–Crippen MR) is 69.6 cm³/mol. The third kappa shape index (κ3) is 2.26. The summed E-state index contributed by atoms with van der Waals surface area (Å²) in [6.07, 6.45) is 5.57. The Bertz CT molecular complexity index is 281. The molecule has 0 radical (unpaired) electrons. The normalized spacial score (nSPS) is 47.6. The zero-order valence-corrected chi connectivity index (χ0v) is 11.7. The van der Waals surface area contributed by atoms with E-state index >= 15 is 0 Å². The molecule has 0 amide bonds. The van der Waals surface area contributed by atoms with Crippen molar-refractivity contribution in [2.75, 3.05) is 0 Å². The second kappa shape index (κ2) is 4.24. The van der Waals surface area contributed by atoms with E-state index in [-0.39, 0.29) is 12.0 Å². The first-order chi connectivity index (χ1) is 7.76. The van der Waals surface area contributed by atoms with Gasteiger partial charge in [-0.25, -0.2) is 0 Å². The Labute approximate surface area is 105 Å². The van der Waals surface area contributed by atoms with Crippen LogP contribution in [-0.4, -0.2) is 21.9 Å². The van der Waals surface area contributed by atoms with Gasteiger partial charge in [0.1, 0.15) is 0 Å². The first kappa shape index (κ1) is 13.4. The third-order valence-corrected chi connectivity index (χ3v) is 5.54. The molecule has 0 spiro atoms. The molecule has 2 aliphatic carbocycles. The van der Waals surface area contributed by atoms with E-state index in [0.29, 0.717) is 17.3 Å². The van der Waals surface area contributed by atoms with Gasteiger partial charge in [-0.1, -0.05) is 26.7 Å². The highest BCUT2D eigenvalue weighted by Gasteiger charge is 2.52. The lowest BCUT2D eigenvalue weighted by molar-refractivity contribution is -0.151. The average molecular weight is 240 g/mol. The molecule has 0 saturated heterocycles. The number of hydrogen-bond donors (Lipinski definition) is 2. The van der Waals surface area contributed by atoms with Gasteiger partial charge in [-0.05, 0) is 50.4 Å². The standard InChI is InChI=1S/C15H28O2/c1-10-6-5-8-15(4)9-7-11(14(2,3)17)13(16)12(10)15/h10-13,16-17H,5-9H2,1-4H3/t10-,11+,12+,13+,15+/m0/s1. The zero-order valence-electron chi connectivity index (χ0n) is 11.7. The summed E-state index contributed by atoms with van der Waals surface area (Å²) in [5.74, 6) is 1.01. The van der Waals surface area contributed by atoms with Gasteiger partial charge in [0.25, 0.3) is 0 Å². The molecule has 2 aliphatic rings. The van der Waals surface area contributed by atoms with Gasteiger partial charge >= 0.3 is 0 Å². The van der Waals surface area contributed by atoms with Crippen molar-refractivity contribution in [3.63, 3.8) is 0 Å². The van der Waals surface area contributed by atoms with Gasteiger partial charge < -0.3 is 10.2 Å². The maximum Gasteiger partial charge on any atom is 0.0644 e. The first-order valence-electron chi connectivity index (χ1n) is 7.16. The van der Waals surface area contributed by atoms with Gasteiger partial charge in [-0.3, -0.25) is 0 Å². The molecular weight excluding hydrogens is 212 g/mol. The van der Waals surface area contributed by atoms with Crippen LogP contribution in [0.5, 0.6) is 0 Å². The van der Waals surface area contributed by atoms with E-state index in [0.717, 1.165) is 12.8 Å². The highest BCUT2D eigenvalue weighted by Crippen LogP contribution is 2.55. The molecule has 100 valence electrons. The van der Waals surface area contributed by atoms with E-state index < -0.39 is 5.60 Å². The van der Waals surface area contributed by atoms with Gasteiger partial charge in [-0.2, -0.15) is 0 Å². The zero-order chi connectivity index (χ0) is 12.8. The molecule has 0 heterocycles. The monoisotopic (exact) mass is 240 g/mol. The smallest absolute Gasteiger partial charge is 0.0644 e. The minimum atomic E-state index is -0.752. The van der Waals surface area contributed by atoms with E-state index in [1.807, 2.05) is 13.8 Å². The molecule has 2 fully saturated rings. The minimum Gasteiger partial charge on any atom is -0.392 e. The topological polar surface area (TPSA) is 40.5 Å². The molecular formula is C15H28O2. The number of fused-ring (bicyclic) bond motifs is 1. The quantitative estimate of drug-likeness (QED) is 0.740. The molecule has 0 aromatic rings. The van der Waals surface area contributed by atoms with Gasteiger partial charge in [0.2, 0.25) is 0 Å². The van der Waals surface area contributed by atoms with Gasteiger partial charge in [0, 0.05) is 5.92 Å². The summed E-state index contributed by atoms with van der Waals surface area (Å²) < 4.78 is 0. The van der Waals surface area contributed by atoms with Crippen molar-refractivity contribution in [1.82, 2.24) is 0 Å². The molecule has 2 N–H and O–H groups in total. The summed E-state index contributed by atoms with van der Waals surface area (Å²) in [7, 11) is 0. The van der Waals surface area contributed by atoms with Crippen molar-refractivity contribution < 1.29 is 10.2 Å². The lowest BCUT2D eigenvalue weighted by Gasteiger charge is -2.55. The Balaban J connectivity index is 2.24. The van der Waals surface area contributed by atoms with Crippen LogP contribution in [0.1, 0.15) is 59.8 Å². The molecule has 0 unspecified atom stereocenters. The van der Waals surface area contributed by atoms with Crippen LogP contribution in [0.4, 0.5) is 0 Å². The maximum absolute atomic E-state index is 10.7. The van der Waals surface area contributed by atoms with Crippen LogP contribution in [-0.2, 0) is 0 Å². The molecule has 2 rings (SSSR count). The molecule has 0 bridgehead atoms. The summed E-state index contributed by atoms with van der Waals surface area (Å²) in [5.41, 5.74) is -0.448. The molecule has 17 heavy (non-hydrogen) atoms. The first-order valence-corrected chi connectivity index (χ1v) is 7.16. The SMILES string of the molecule is C[C@H]1CCC[C@]2(C)CC[C@@H](C(C)(C)O)[C@@H](O)[C@@H]12. The lowest BCUT2D eigenvalue weighted by atomic mass is 9.52. The molecule has 0 aromatic carbocycles. The minimum absolute atomic E-state index is 0.0427. The summed E-state index contributed by atoms with van der Waals surface area (Å²) in [4.78, 5) is 0. The van der Waals surface area contributed by atoms with Crippen molar-refractivity contribution in [2.45, 2.75) is 71.5 Å². The van der Waals surface area contributed by atoms with Crippen LogP contribution in [0.2, 0.25) is 0 Å². The fraction of sp³-hybridized carbons (Fsp3) is 1.00. The molecule has 2 nitrogen and oxygen atoms in total. The van der Waals surface area contributed by atoms with Gasteiger partial charge in [0.15, 0.2) is 0 Å². The van der Waals surface area contributed by atoms with Crippen molar-refractivity contribution in [2.24, 2.45) is 23.2 Å². The Morgan fingerprint density at radius 1 is 1.18 bits per heavy atom. The second-order valence-corrected chi connectivity index (χ2v) is 7.34. The maximum atomic E-state index is 10.7. The van der Waals surface area contributed by atoms with Gasteiger partial charge in [0.05, 0.1) is 11.7 Å². The van der Waals surface area contributed by atoms with Crippen LogP contribution >= 0.6 is 0 Å². The van der Waals surface area contributed by atoms with Crippen molar-refractivity contribution in [3.05, 3.63) is 0 Å². The second-order valence-electron chi connectivity index (χ2n) is 7.34. The van der Waals surface area contributed by atoms with Crippen LogP contribution in [0.3, 0.4) is 0 Å². The van der Waals surface area contributed by atoms with Crippen molar-refractivity contribution >= 4 is 0 Å². The molecule has 0 aromatic heterocycles. The van der Waals surface area contributed by atoms with Crippen LogP contribution < -0.4 is 0 Å². The van der Waals surface area contributed by atoms with E-state index in [1.54, 1.807) is 0 Å². The van der Waals surface area contributed by atoms with Crippen LogP contribution in [0.25, 0.3) is 0 Å². The van der Waals surface area contributed by atoms with E-state index in [2.05, 4.69) is 13.8 Å². The van der Waals surface area contributed by atoms with E-state index in [4.69, 9.17) is 0 Å². The lowest BCUT2D eigenvalue weighted by Crippen LogP contribution is -2.55. The van der Waals surface area contributed by atoms with Crippen molar-refractivity contribution in [3.8, 4) is 0 Å². The van der Waals surface area contributed by atoms with Gasteiger partial charge in [-0.15, -0.1) is 0 Å². The summed E-state index contributed by atoms with van der Waals surface area (Å²) in [5, 5.41) is 20.9. The summed E-state index contributed by atoms with van der Waals surface area (Å²) in [6, 6.07) is 0. The highest BCUT2D eigenvalue weighted by molar-refractivity contribution is 5.02. The Morgan fingerprint density at radius 2 is 1.82 bits per heavy atom. The Hall–Kier alpha value is -0.0800. The summed E-state index contributed by atoms with van der Waals surface area (Å²) in [6.45, 7) is 8.31. The largest absolute Gasteiger partial charge is 0.392 e. The van der Waals surface area contributed by atoms with Crippen LogP contribution in [0.15, 0.2) is 0 Å². The highest BCUT2D eigenvalue weighted by atomic mass is 16.3. The third-order valence-electron chi connectivity index (χ3n) is 5.54. The molecule has 2 heteroatoms. The average Bonchev–Trinajstić information content (AvgIpc) is 2.14. The molecule has 0 aliphatic heterocycles. The number of rotatable bonds is 1. The Kier molecular flexibility index (Phi) is 3.33. The summed E-state index contributed by atoms with van der Waals surface area (Å²) >= 11 is 0. The number of hydrogen-bond acceptors (Lipinski definition) is 2. The van der Waals surface area contributed by atoms with Crippen LogP contribution in [0, 0.1) is 23.2 Å². The Morgan fingerprint density at radius 3 is 2.41 bits per heavy atom. The number of aliphatic hydroxyl groups excluding tert-OH is 1.